The number of carbonyl (C=O) groups is 1. The number of carbonyl (C=O) groups excluding carboxylic acids is 1. The Morgan fingerprint density at radius 1 is 1.50 bits per heavy atom. The molecule has 1 aromatic rings. The Kier molecular flexibility index (Phi) is 2.95. The summed E-state index contributed by atoms with van der Waals surface area (Å²) in [5, 5.41) is 0. The predicted molar refractivity (Wildman–Crippen MR) is 60.9 cm³/mol. The van der Waals surface area contributed by atoms with Crippen molar-refractivity contribution in [1.29, 1.82) is 0 Å². The van der Waals surface area contributed by atoms with Crippen molar-refractivity contribution < 1.29 is 9.18 Å². The van der Waals surface area contributed by atoms with E-state index in [1.165, 1.54) is 0 Å². The summed E-state index contributed by atoms with van der Waals surface area (Å²) in [6, 6.07) is 5.30. The third kappa shape index (κ3) is 1.94. The number of halogens is 1. The van der Waals surface area contributed by atoms with E-state index in [-0.39, 0.29) is 17.3 Å². The van der Waals surface area contributed by atoms with Crippen molar-refractivity contribution in [2.75, 3.05) is 6.54 Å². The minimum Gasteiger partial charge on any atom is -0.336 e. The quantitative estimate of drug-likeness (QED) is 0.768. The molecule has 0 spiro atoms. The van der Waals surface area contributed by atoms with Gasteiger partial charge in [0, 0.05) is 12.6 Å². The maximum atomic E-state index is 13.8. The summed E-state index contributed by atoms with van der Waals surface area (Å²) in [4.78, 5) is 13.9. The fourth-order valence-corrected chi connectivity index (χ4v) is 1.92. The number of benzene rings is 1. The molecule has 2 rings (SSSR count). The molecular weight excluding hydrogens is 205 g/mol. The van der Waals surface area contributed by atoms with Crippen molar-refractivity contribution >= 4 is 5.91 Å². The molecule has 1 aromatic carbocycles. The maximum Gasteiger partial charge on any atom is 0.257 e. The number of hydrogen-bond acceptors (Lipinski definition) is 1. The van der Waals surface area contributed by atoms with Crippen LogP contribution in [0.25, 0.3) is 0 Å². The highest BCUT2D eigenvalue weighted by Gasteiger charge is 2.32. The summed E-state index contributed by atoms with van der Waals surface area (Å²) < 4.78 is 13.8. The summed E-state index contributed by atoms with van der Waals surface area (Å²) >= 11 is 0. The Hall–Kier alpha value is -1.38. The molecule has 1 fully saturated rings. The lowest BCUT2D eigenvalue weighted by Crippen LogP contribution is -2.33. The average Bonchev–Trinajstić information content (AvgIpc) is 3.07. The van der Waals surface area contributed by atoms with Gasteiger partial charge in [0.25, 0.3) is 5.91 Å². The molecule has 0 bridgehead atoms. The second-order valence-electron chi connectivity index (χ2n) is 4.26. The van der Waals surface area contributed by atoms with Gasteiger partial charge in [-0.1, -0.05) is 12.1 Å². The second-order valence-corrected chi connectivity index (χ2v) is 4.26. The van der Waals surface area contributed by atoms with Crippen LogP contribution in [-0.2, 0) is 0 Å². The topological polar surface area (TPSA) is 20.3 Å². The molecule has 1 saturated carbocycles. The molecule has 1 aliphatic rings. The highest BCUT2D eigenvalue weighted by molar-refractivity contribution is 5.95. The lowest BCUT2D eigenvalue weighted by atomic mass is 10.1. The first-order chi connectivity index (χ1) is 7.65. The minimum atomic E-state index is -0.383. The van der Waals surface area contributed by atoms with Gasteiger partial charge < -0.3 is 4.90 Å². The molecule has 0 aliphatic heterocycles. The SMILES string of the molecule is CCN(C(=O)c1cccc(C)c1F)C1CC1. The summed E-state index contributed by atoms with van der Waals surface area (Å²) in [6.07, 6.45) is 2.10. The van der Waals surface area contributed by atoms with Gasteiger partial charge in [-0.25, -0.2) is 4.39 Å². The van der Waals surface area contributed by atoms with Crippen LogP contribution in [0, 0.1) is 12.7 Å². The zero-order chi connectivity index (χ0) is 11.7. The lowest BCUT2D eigenvalue weighted by molar-refractivity contribution is 0.0747. The molecule has 1 amide bonds. The van der Waals surface area contributed by atoms with Gasteiger partial charge in [0.15, 0.2) is 0 Å². The summed E-state index contributed by atoms with van der Waals surface area (Å²) in [5.74, 6) is -0.558. The van der Waals surface area contributed by atoms with Crippen LogP contribution in [0.3, 0.4) is 0 Å². The lowest BCUT2D eigenvalue weighted by Gasteiger charge is -2.20. The Morgan fingerprint density at radius 2 is 2.19 bits per heavy atom. The van der Waals surface area contributed by atoms with E-state index in [0.29, 0.717) is 18.2 Å². The van der Waals surface area contributed by atoms with Gasteiger partial charge in [0.05, 0.1) is 5.56 Å². The minimum absolute atomic E-state index is 0.175. The number of hydrogen-bond donors (Lipinski definition) is 0. The standard InChI is InChI=1S/C13H16FNO/c1-3-15(10-7-8-10)13(16)11-6-4-5-9(2)12(11)14/h4-6,10H,3,7-8H2,1-2H3. The first-order valence-corrected chi connectivity index (χ1v) is 5.71. The zero-order valence-electron chi connectivity index (χ0n) is 9.66. The Balaban J connectivity index is 2.28. The molecule has 1 aliphatic carbocycles. The van der Waals surface area contributed by atoms with E-state index in [4.69, 9.17) is 0 Å². The van der Waals surface area contributed by atoms with Gasteiger partial charge in [0.2, 0.25) is 0 Å². The molecular formula is C13H16FNO. The molecule has 2 nitrogen and oxygen atoms in total. The van der Waals surface area contributed by atoms with Crippen LogP contribution < -0.4 is 0 Å². The van der Waals surface area contributed by atoms with E-state index in [0.717, 1.165) is 12.8 Å². The van der Waals surface area contributed by atoms with E-state index in [2.05, 4.69) is 0 Å². The van der Waals surface area contributed by atoms with Gasteiger partial charge in [0.1, 0.15) is 5.82 Å². The van der Waals surface area contributed by atoms with Crippen LogP contribution in [0.5, 0.6) is 0 Å². The molecule has 0 N–H and O–H groups in total. The van der Waals surface area contributed by atoms with Crippen LogP contribution in [-0.4, -0.2) is 23.4 Å². The second kappa shape index (κ2) is 4.24. The van der Waals surface area contributed by atoms with Crippen LogP contribution in [0.4, 0.5) is 4.39 Å². The predicted octanol–water partition coefficient (Wildman–Crippen LogP) is 2.76. The van der Waals surface area contributed by atoms with Crippen LogP contribution in [0.1, 0.15) is 35.7 Å². The largest absolute Gasteiger partial charge is 0.336 e. The fraction of sp³-hybridized carbons (Fsp3) is 0.462. The van der Waals surface area contributed by atoms with Crippen molar-refractivity contribution in [3.8, 4) is 0 Å². The molecule has 16 heavy (non-hydrogen) atoms. The van der Waals surface area contributed by atoms with Crippen molar-refractivity contribution in [2.24, 2.45) is 0 Å². The number of aryl methyl sites for hydroxylation is 1. The molecule has 3 heteroatoms. The van der Waals surface area contributed by atoms with Crippen LogP contribution >= 0.6 is 0 Å². The average molecular weight is 221 g/mol. The highest BCUT2D eigenvalue weighted by atomic mass is 19.1. The molecule has 0 saturated heterocycles. The van der Waals surface area contributed by atoms with Crippen molar-refractivity contribution in [3.05, 3.63) is 35.1 Å². The third-order valence-corrected chi connectivity index (χ3v) is 3.01. The number of nitrogens with zero attached hydrogens (tertiary/aromatic N) is 1. The van der Waals surface area contributed by atoms with E-state index < -0.39 is 0 Å². The van der Waals surface area contributed by atoms with Gasteiger partial charge in [-0.05, 0) is 38.3 Å². The normalized spacial score (nSPS) is 14.9. The van der Waals surface area contributed by atoms with Crippen molar-refractivity contribution in [1.82, 2.24) is 4.90 Å². The summed E-state index contributed by atoms with van der Waals surface area (Å²) in [5.41, 5.74) is 0.728. The van der Waals surface area contributed by atoms with Crippen molar-refractivity contribution in [2.45, 2.75) is 32.7 Å². The van der Waals surface area contributed by atoms with Gasteiger partial charge in [-0.3, -0.25) is 4.79 Å². The van der Waals surface area contributed by atoms with E-state index in [1.54, 1.807) is 30.0 Å². The molecule has 0 radical (unpaired) electrons. The fourth-order valence-electron chi connectivity index (χ4n) is 1.92. The number of amides is 1. The van der Waals surface area contributed by atoms with Gasteiger partial charge in [-0.2, -0.15) is 0 Å². The molecule has 0 unspecified atom stereocenters. The monoisotopic (exact) mass is 221 g/mol. The van der Waals surface area contributed by atoms with Gasteiger partial charge >= 0.3 is 0 Å². The van der Waals surface area contributed by atoms with E-state index >= 15 is 0 Å². The zero-order valence-corrected chi connectivity index (χ0v) is 9.66. The Morgan fingerprint density at radius 3 is 2.75 bits per heavy atom. The smallest absolute Gasteiger partial charge is 0.257 e. The first kappa shape index (κ1) is 11.1. The molecule has 0 heterocycles. The van der Waals surface area contributed by atoms with E-state index in [1.807, 2.05) is 6.92 Å². The molecule has 0 atom stereocenters. The highest BCUT2D eigenvalue weighted by Crippen LogP contribution is 2.28. The molecule has 0 aromatic heterocycles. The Bertz CT molecular complexity index is 412. The summed E-state index contributed by atoms with van der Waals surface area (Å²) in [7, 11) is 0. The van der Waals surface area contributed by atoms with Crippen LogP contribution in [0.2, 0.25) is 0 Å². The third-order valence-electron chi connectivity index (χ3n) is 3.01. The van der Waals surface area contributed by atoms with Crippen molar-refractivity contribution in [3.63, 3.8) is 0 Å². The van der Waals surface area contributed by atoms with E-state index in [9.17, 15) is 9.18 Å². The molecule has 86 valence electrons. The number of rotatable bonds is 3. The van der Waals surface area contributed by atoms with Gasteiger partial charge in [-0.15, -0.1) is 0 Å². The first-order valence-electron chi connectivity index (χ1n) is 5.71. The summed E-state index contributed by atoms with van der Waals surface area (Å²) in [6.45, 7) is 4.26. The maximum absolute atomic E-state index is 13.8. The Labute approximate surface area is 95.1 Å². The van der Waals surface area contributed by atoms with Crippen LogP contribution in [0.15, 0.2) is 18.2 Å².